The van der Waals surface area contributed by atoms with Crippen molar-refractivity contribution in [1.82, 2.24) is 4.98 Å². The molecule has 0 aliphatic carbocycles. The summed E-state index contributed by atoms with van der Waals surface area (Å²) in [6.45, 7) is 5.83. The molecule has 0 unspecified atom stereocenters. The van der Waals surface area contributed by atoms with Crippen LogP contribution in [0, 0.1) is 6.92 Å². The van der Waals surface area contributed by atoms with Crippen molar-refractivity contribution in [2.24, 2.45) is 0 Å². The number of anilines is 1. The lowest BCUT2D eigenvalue weighted by molar-refractivity contribution is 0.281. The van der Waals surface area contributed by atoms with Crippen molar-refractivity contribution in [3.63, 3.8) is 0 Å². The van der Waals surface area contributed by atoms with Crippen molar-refractivity contribution >= 4 is 5.82 Å². The lowest BCUT2D eigenvalue weighted by Gasteiger charge is -2.22. The van der Waals surface area contributed by atoms with Gasteiger partial charge in [0.2, 0.25) is 0 Å². The van der Waals surface area contributed by atoms with Crippen molar-refractivity contribution in [2.45, 2.75) is 26.9 Å². The molecule has 4 heteroatoms. The van der Waals surface area contributed by atoms with E-state index in [9.17, 15) is 0 Å². The normalized spacial score (nSPS) is 10.5. The van der Waals surface area contributed by atoms with E-state index in [2.05, 4.69) is 16.8 Å². The van der Waals surface area contributed by atoms with Gasteiger partial charge in [-0.05, 0) is 38.0 Å². The molecule has 0 bridgehead atoms. The van der Waals surface area contributed by atoms with Crippen molar-refractivity contribution in [1.29, 1.82) is 0 Å². The Morgan fingerprint density at radius 2 is 2.06 bits per heavy atom. The van der Waals surface area contributed by atoms with Gasteiger partial charge in [-0.2, -0.15) is 0 Å². The van der Waals surface area contributed by atoms with Crippen molar-refractivity contribution < 1.29 is 10.2 Å². The molecule has 90 valence electrons. The van der Waals surface area contributed by atoms with Crippen LogP contribution in [0.1, 0.15) is 24.6 Å². The highest BCUT2D eigenvalue weighted by atomic mass is 16.3. The summed E-state index contributed by atoms with van der Waals surface area (Å²) in [6.07, 6.45) is 0.734. The molecule has 1 rings (SSSR count). The summed E-state index contributed by atoms with van der Waals surface area (Å²) < 4.78 is 0. The van der Waals surface area contributed by atoms with E-state index in [0.717, 1.165) is 36.6 Å². The lowest BCUT2D eigenvalue weighted by atomic mass is 10.2. The molecular formula is C12H20N2O2. The van der Waals surface area contributed by atoms with E-state index in [-0.39, 0.29) is 13.2 Å². The average molecular weight is 224 g/mol. The van der Waals surface area contributed by atoms with Gasteiger partial charge in [0.25, 0.3) is 0 Å². The Morgan fingerprint density at radius 1 is 1.31 bits per heavy atom. The number of rotatable bonds is 6. The fourth-order valence-corrected chi connectivity index (χ4v) is 1.67. The second-order valence-electron chi connectivity index (χ2n) is 3.79. The van der Waals surface area contributed by atoms with Gasteiger partial charge in [0.15, 0.2) is 0 Å². The van der Waals surface area contributed by atoms with Crippen LogP contribution in [0.3, 0.4) is 0 Å². The molecule has 0 saturated carbocycles. The molecule has 1 aromatic heterocycles. The van der Waals surface area contributed by atoms with E-state index in [1.807, 2.05) is 19.1 Å². The van der Waals surface area contributed by atoms with Gasteiger partial charge in [-0.15, -0.1) is 0 Å². The second-order valence-corrected chi connectivity index (χ2v) is 3.79. The number of nitrogens with zero attached hydrogens (tertiary/aromatic N) is 2. The van der Waals surface area contributed by atoms with Crippen LogP contribution in [-0.4, -0.2) is 34.9 Å². The zero-order valence-corrected chi connectivity index (χ0v) is 9.98. The number of aryl methyl sites for hydroxylation is 1. The molecule has 0 aliphatic heterocycles. The van der Waals surface area contributed by atoms with Gasteiger partial charge in [-0.25, -0.2) is 4.98 Å². The summed E-state index contributed by atoms with van der Waals surface area (Å²) in [5, 5.41) is 18.0. The van der Waals surface area contributed by atoms with E-state index in [4.69, 9.17) is 10.2 Å². The number of hydrogen-bond acceptors (Lipinski definition) is 4. The first-order chi connectivity index (χ1) is 7.71. The SMILES string of the molecule is CCN(CCCO)c1cc(CO)cc(C)n1. The molecule has 0 radical (unpaired) electrons. The largest absolute Gasteiger partial charge is 0.396 e. The Balaban J connectivity index is 2.86. The van der Waals surface area contributed by atoms with Crippen molar-refractivity contribution in [3.05, 3.63) is 23.4 Å². The van der Waals surface area contributed by atoms with Crippen LogP contribution >= 0.6 is 0 Å². The Labute approximate surface area is 96.6 Å². The predicted octanol–water partition coefficient (Wildman–Crippen LogP) is 1.09. The summed E-state index contributed by atoms with van der Waals surface area (Å²) >= 11 is 0. The molecule has 0 aromatic carbocycles. The molecule has 1 heterocycles. The number of aliphatic hydroxyl groups is 2. The third-order valence-corrected chi connectivity index (χ3v) is 2.47. The molecule has 4 nitrogen and oxygen atoms in total. The average Bonchev–Trinajstić information content (AvgIpc) is 2.29. The van der Waals surface area contributed by atoms with Gasteiger partial charge in [0.05, 0.1) is 6.61 Å². The monoisotopic (exact) mass is 224 g/mol. The minimum absolute atomic E-state index is 0.0356. The van der Waals surface area contributed by atoms with Crippen LogP contribution in [-0.2, 0) is 6.61 Å². The maximum Gasteiger partial charge on any atom is 0.129 e. The fourth-order valence-electron chi connectivity index (χ4n) is 1.67. The molecule has 2 N–H and O–H groups in total. The molecule has 0 aliphatic rings. The van der Waals surface area contributed by atoms with Crippen LogP contribution in [0.2, 0.25) is 0 Å². The highest BCUT2D eigenvalue weighted by Gasteiger charge is 2.07. The van der Waals surface area contributed by atoms with Crippen LogP contribution < -0.4 is 4.90 Å². The number of hydrogen-bond donors (Lipinski definition) is 2. The van der Waals surface area contributed by atoms with Crippen LogP contribution in [0.25, 0.3) is 0 Å². The van der Waals surface area contributed by atoms with E-state index >= 15 is 0 Å². The zero-order valence-electron chi connectivity index (χ0n) is 9.98. The third kappa shape index (κ3) is 3.47. The summed E-state index contributed by atoms with van der Waals surface area (Å²) in [6, 6.07) is 3.78. The van der Waals surface area contributed by atoms with Crippen LogP contribution in [0.15, 0.2) is 12.1 Å². The Bertz CT molecular complexity index is 329. The molecule has 0 fully saturated rings. The van der Waals surface area contributed by atoms with Gasteiger partial charge in [-0.3, -0.25) is 0 Å². The molecule has 1 aromatic rings. The minimum atomic E-state index is 0.0356. The summed E-state index contributed by atoms with van der Waals surface area (Å²) in [7, 11) is 0. The van der Waals surface area contributed by atoms with Crippen LogP contribution in [0.5, 0.6) is 0 Å². The van der Waals surface area contributed by atoms with Crippen molar-refractivity contribution in [3.8, 4) is 0 Å². The van der Waals surface area contributed by atoms with Gasteiger partial charge >= 0.3 is 0 Å². The maximum absolute atomic E-state index is 9.13. The molecular weight excluding hydrogens is 204 g/mol. The third-order valence-electron chi connectivity index (χ3n) is 2.47. The number of aromatic nitrogens is 1. The summed E-state index contributed by atoms with van der Waals surface area (Å²) in [4.78, 5) is 6.54. The second kappa shape index (κ2) is 6.45. The highest BCUT2D eigenvalue weighted by molar-refractivity contribution is 5.42. The summed E-state index contributed by atoms with van der Waals surface area (Å²) in [5.74, 6) is 0.875. The molecule has 0 spiro atoms. The number of aliphatic hydroxyl groups excluding tert-OH is 2. The first kappa shape index (κ1) is 12.9. The Kier molecular flexibility index (Phi) is 5.22. The highest BCUT2D eigenvalue weighted by Crippen LogP contribution is 2.15. The first-order valence-electron chi connectivity index (χ1n) is 5.65. The lowest BCUT2D eigenvalue weighted by Crippen LogP contribution is -2.25. The van der Waals surface area contributed by atoms with Crippen LogP contribution in [0.4, 0.5) is 5.82 Å². The summed E-state index contributed by atoms with van der Waals surface area (Å²) in [5.41, 5.74) is 1.79. The molecule has 16 heavy (non-hydrogen) atoms. The Morgan fingerprint density at radius 3 is 2.62 bits per heavy atom. The van der Waals surface area contributed by atoms with E-state index in [0.29, 0.717) is 0 Å². The molecule has 0 amide bonds. The quantitative estimate of drug-likeness (QED) is 0.759. The minimum Gasteiger partial charge on any atom is -0.396 e. The first-order valence-corrected chi connectivity index (χ1v) is 5.65. The van der Waals surface area contributed by atoms with E-state index in [1.165, 1.54) is 0 Å². The molecule has 0 saturated heterocycles. The van der Waals surface area contributed by atoms with Gasteiger partial charge in [-0.1, -0.05) is 0 Å². The molecule has 0 atom stereocenters. The maximum atomic E-state index is 9.13. The standard InChI is InChI=1S/C12H20N2O2/c1-3-14(5-4-6-15)12-8-11(9-16)7-10(2)13-12/h7-8,15-16H,3-6,9H2,1-2H3. The smallest absolute Gasteiger partial charge is 0.129 e. The van der Waals surface area contributed by atoms with Gasteiger partial charge in [0.1, 0.15) is 5.82 Å². The van der Waals surface area contributed by atoms with Gasteiger partial charge in [0, 0.05) is 25.4 Å². The van der Waals surface area contributed by atoms with E-state index < -0.39 is 0 Å². The fraction of sp³-hybridized carbons (Fsp3) is 0.583. The van der Waals surface area contributed by atoms with Gasteiger partial charge < -0.3 is 15.1 Å². The Hall–Kier alpha value is -1.13. The van der Waals surface area contributed by atoms with Crippen molar-refractivity contribution in [2.75, 3.05) is 24.6 Å². The zero-order chi connectivity index (χ0) is 12.0. The predicted molar refractivity (Wildman–Crippen MR) is 64.5 cm³/mol. The topological polar surface area (TPSA) is 56.6 Å². The van der Waals surface area contributed by atoms with E-state index in [1.54, 1.807) is 0 Å². The number of pyridine rings is 1.